The largest absolute Gasteiger partial charge is 0.283 e. The minimum atomic E-state index is 0.476. The summed E-state index contributed by atoms with van der Waals surface area (Å²) in [5.74, 6) is 0. The number of rotatable bonds is 1. The van der Waals surface area contributed by atoms with Crippen LogP contribution in [0.15, 0.2) is 53.0 Å². The molecule has 0 radical (unpaired) electrons. The van der Waals surface area contributed by atoms with Crippen LogP contribution < -0.4 is 0 Å². The second-order valence-electron chi connectivity index (χ2n) is 3.68. The van der Waals surface area contributed by atoms with E-state index in [2.05, 4.69) is 20.9 Å². The van der Waals surface area contributed by atoms with E-state index >= 15 is 0 Å². The predicted octanol–water partition coefficient (Wildman–Crippen LogP) is 4.44. The van der Waals surface area contributed by atoms with Gasteiger partial charge in [-0.2, -0.15) is 0 Å². The lowest BCUT2D eigenvalue weighted by atomic mass is 10.3. The Kier molecular flexibility index (Phi) is 2.65. The van der Waals surface area contributed by atoms with E-state index in [1.165, 1.54) is 0 Å². The van der Waals surface area contributed by atoms with Crippen LogP contribution in [-0.4, -0.2) is 9.55 Å². The van der Waals surface area contributed by atoms with Gasteiger partial charge < -0.3 is 0 Å². The van der Waals surface area contributed by atoms with Crippen LogP contribution in [-0.2, 0) is 0 Å². The number of aromatic nitrogens is 2. The van der Waals surface area contributed by atoms with Crippen molar-refractivity contribution in [3.05, 3.63) is 58.3 Å². The lowest BCUT2D eigenvalue weighted by molar-refractivity contribution is 1.09. The summed E-state index contributed by atoms with van der Waals surface area (Å²) < 4.78 is 2.95. The van der Waals surface area contributed by atoms with E-state index in [1.54, 1.807) is 0 Å². The molecule has 2 aromatic carbocycles. The van der Waals surface area contributed by atoms with Crippen LogP contribution in [0.5, 0.6) is 0 Å². The molecule has 0 unspecified atom stereocenters. The minimum absolute atomic E-state index is 0.476. The van der Waals surface area contributed by atoms with Crippen LogP contribution >= 0.6 is 27.5 Å². The number of fused-ring (bicyclic) bond motifs is 1. The fourth-order valence-electron chi connectivity index (χ4n) is 1.86. The normalized spacial score (nSPS) is 10.9. The minimum Gasteiger partial charge on any atom is -0.283 e. The first-order valence-corrected chi connectivity index (χ1v) is 6.32. The van der Waals surface area contributed by atoms with Crippen LogP contribution in [0.4, 0.5) is 0 Å². The quantitative estimate of drug-likeness (QED) is 0.650. The second kappa shape index (κ2) is 4.17. The van der Waals surface area contributed by atoms with Crippen molar-refractivity contribution in [3.8, 4) is 5.69 Å². The summed E-state index contributed by atoms with van der Waals surface area (Å²) in [6.45, 7) is 0. The van der Waals surface area contributed by atoms with Gasteiger partial charge in [-0.05, 0) is 41.9 Å². The molecule has 0 bridgehead atoms. The third-order valence-electron chi connectivity index (χ3n) is 2.59. The Labute approximate surface area is 112 Å². The zero-order valence-electron chi connectivity index (χ0n) is 8.77. The highest BCUT2D eigenvalue weighted by Crippen LogP contribution is 2.25. The Morgan fingerprint density at radius 3 is 2.71 bits per heavy atom. The van der Waals surface area contributed by atoms with Crippen molar-refractivity contribution in [2.24, 2.45) is 0 Å². The van der Waals surface area contributed by atoms with Gasteiger partial charge in [-0.15, -0.1) is 0 Å². The first-order valence-electron chi connectivity index (χ1n) is 5.14. The van der Waals surface area contributed by atoms with Crippen molar-refractivity contribution in [2.75, 3.05) is 0 Å². The molecule has 0 aliphatic carbocycles. The van der Waals surface area contributed by atoms with Crippen molar-refractivity contribution in [1.29, 1.82) is 0 Å². The summed E-state index contributed by atoms with van der Waals surface area (Å²) in [6.07, 6.45) is 0. The molecule has 0 aliphatic rings. The molecule has 0 spiro atoms. The molecule has 2 nitrogen and oxygen atoms in total. The van der Waals surface area contributed by atoms with E-state index in [0.29, 0.717) is 5.28 Å². The molecule has 0 atom stereocenters. The van der Waals surface area contributed by atoms with Crippen molar-refractivity contribution < 1.29 is 0 Å². The van der Waals surface area contributed by atoms with E-state index < -0.39 is 0 Å². The van der Waals surface area contributed by atoms with Gasteiger partial charge in [0.1, 0.15) is 0 Å². The number of imidazole rings is 1. The maximum Gasteiger partial charge on any atom is 0.208 e. The summed E-state index contributed by atoms with van der Waals surface area (Å²) in [7, 11) is 0. The predicted molar refractivity (Wildman–Crippen MR) is 73.8 cm³/mol. The molecule has 1 heterocycles. The third-order valence-corrected chi connectivity index (χ3v) is 3.33. The highest BCUT2D eigenvalue weighted by molar-refractivity contribution is 9.10. The monoisotopic (exact) mass is 306 g/mol. The fraction of sp³-hybridized carbons (Fsp3) is 0. The van der Waals surface area contributed by atoms with Crippen LogP contribution in [0.25, 0.3) is 16.7 Å². The van der Waals surface area contributed by atoms with Crippen LogP contribution in [0.1, 0.15) is 0 Å². The molecule has 0 saturated heterocycles. The average molecular weight is 308 g/mol. The highest BCUT2D eigenvalue weighted by Gasteiger charge is 2.09. The first-order chi connectivity index (χ1) is 8.25. The Hall–Kier alpha value is -1.32. The van der Waals surface area contributed by atoms with Crippen molar-refractivity contribution in [2.45, 2.75) is 0 Å². The van der Waals surface area contributed by atoms with Gasteiger partial charge in [-0.1, -0.05) is 34.1 Å². The molecule has 0 fully saturated rings. The van der Waals surface area contributed by atoms with Gasteiger partial charge in [-0.3, -0.25) is 4.57 Å². The van der Waals surface area contributed by atoms with E-state index in [1.807, 2.05) is 53.1 Å². The van der Waals surface area contributed by atoms with Gasteiger partial charge in [0.2, 0.25) is 5.28 Å². The lowest BCUT2D eigenvalue weighted by Crippen LogP contribution is -1.93. The Morgan fingerprint density at radius 2 is 1.88 bits per heavy atom. The van der Waals surface area contributed by atoms with Crippen molar-refractivity contribution in [1.82, 2.24) is 9.55 Å². The van der Waals surface area contributed by atoms with Gasteiger partial charge in [0.25, 0.3) is 0 Å². The zero-order valence-corrected chi connectivity index (χ0v) is 11.1. The van der Waals surface area contributed by atoms with Gasteiger partial charge in [0.05, 0.1) is 11.0 Å². The highest BCUT2D eigenvalue weighted by atomic mass is 79.9. The molecule has 4 heteroatoms. The SMILES string of the molecule is Clc1nc2ccccc2n1-c1cccc(Br)c1. The van der Waals surface area contributed by atoms with Crippen LogP contribution in [0.3, 0.4) is 0 Å². The number of hydrogen-bond donors (Lipinski definition) is 0. The molecule has 84 valence electrons. The molecule has 0 amide bonds. The molecule has 0 saturated carbocycles. The summed E-state index contributed by atoms with van der Waals surface area (Å²) in [5.41, 5.74) is 2.91. The standard InChI is InChI=1S/C13H8BrClN2/c14-9-4-3-5-10(8-9)17-12-7-2-1-6-11(12)16-13(17)15/h1-8H. The molecular weight excluding hydrogens is 300 g/mol. The number of para-hydroxylation sites is 2. The fourth-order valence-corrected chi connectivity index (χ4v) is 2.52. The molecule has 3 aromatic rings. The van der Waals surface area contributed by atoms with Gasteiger partial charge in [0, 0.05) is 10.2 Å². The van der Waals surface area contributed by atoms with E-state index in [4.69, 9.17) is 11.6 Å². The molecule has 0 N–H and O–H groups in total. The summed E-state index contributed by atoms with van der Waals surface area (Å²) in [6, 6.07) is 15.9. The van der Waals surface area contributed by atoms with E-state index in [9.17, 15) is 0 Å². The number of benzene rings is 2. The first kappa shape index (κ1) is 10.8. The summed E-state index contributed by atoms with van der Waals surface area (Å²) in [4.78, 5) is 4.33. The van der Waals surface area contributed by atoms with Crippen LogP contribution in [0, 0.1) is 0 Å². The molecule has 0 aliphatic heterocycles. The molecule has 3 rings (SSSR count). The van der Waals surface area contributed by atoms with Crippen LogP contribution in [0.2, 0.25) is 5.28 Å². The average Bonchev–Trinajstić information content (AvgIpc) is 2.64. The molecule has 17 heavy (non-hydrogen) atoms. The van der Waals surface area contributed by atoms with Gasteiger partial charge >= 0.3 is 0 Å². The maximum absolute atomic E-state index is 6.19. The summed E-state index contributed by atoms with van der Waals surface area (Å²) in [5, 5.41) is 0.476. The Bertz CT molecular complexity index is 691. The number of halogens is 2. The Morgan fingerprint density at radius 1 is 1.06 bits per heavy atom. The second-order valence-corrected chi connectivity index (χ2v) is 4.94. The van der Waals surface area contributed by atoms with E-state index in [0.717, 1.165) is 21.2 Å². The van der Waals surface area contributed by atoms with E-state index in [-0.39, 0.29) is 0 Å². The smallest absolute Gasteiger partial charge is 0.208 e. The van der Waals surface area contributed by atoms with Gasteiger partial charge in [0.15, 0.2) is 0 Å². The van der Waals surface area contributed by atoms with Gasteiger partial charge in [-0.25, -0.2) is 4.98 Å². The lowest BCUT2D eigenvalue weighted by Gasteiger charge is -2.05. The van der Waals surface area contributed by atoms with Crippen molar-refractivity contribution >= 4 is 38.6 Å². The number of hydrogen-bond acceptors (Lipinski definition) is 1. The zero-order chi connectivity index (χ0) is 11.8. The third kappa shape index (κ3) is 1.85. The molecule has 1 aromatic heterocycles. The topological polar surface area (TPSA) is 17.8 Å². The maximum atomic E-state index is 6.19. The Balaban J connectivity index is 2.33. The molecular formula is C13H8BrClN2. The number of nitrogens with zero attached hydrogens (tertiary/aromatic N) is 2. The van der Waals surface area contributed by atoms with Crippen molar-refractivity contribution in [3.63, 3.8) is 0 Å². The summed E-state index contributed by atoms with van der Waals surface area (Å²) >= 11 is 9.65.